The predicted octanol–water partition coefficient (Wildman–Crippen LogP) is 1.41. The Morgan fingerprint density at radius 1 is 1.40 bits per heavy atom. The van der Waals surface area contributed by atoms with Gasteiger partial charge in [0.1, 0.15) is 17.5 Å². The Kier molecular flexibility index (Phi) is 2.14. The number of H-pyrrole nitrogens is 1. The normalized spacial score (nSPS) is 9.87. The second-order valence-corrected chi connectivity index (χ2v) is 3.08. The summed E-state index contributed by atoms with van der Waals surface area (Å²) < 4.78 is 5.04. The van der Waals surface area contributed by atoms with Gasteiger partial charge in [0.2, 0.25) is 0 Å². The topological polar surface area (TPSA) is 65.9 Å². The summed E-state index contributed by atoms with van der Waals surface area (Å²) in [5.41, 5.74) is -0.00699. The summed E-state index contributed by atoms with van der Waals surface area (Å²) in [7, 11) is 1.56. The summed E-state index contributed by atoms with van der Waals surface area (Å²) in [4.78, 5) is 14.0. The van der Waals surface area contributed by atoms with Crippen LogP contribution < -0.4 is 10.3 Å². The van der Waals surface area contributed by atoms with Crippen molar-refractivity contribution in [2.24, 2.45) is 0 Å². The van der Waals surface area contributed by atoms with Crippen molar-refractivity contribution in [3.63, 3.8) is 0 Å². The molecule has 0 aliphatic rings. The average molecular weight is 200 g/mol. The molecule has 0 spiro atoms. The lowest BCUT2D eigenvalue weighted by Crippen LogP contribution is -2.07. The molecule has 0 aliphatic carbocycles. The largest absolute Gasteiger partial charge is 0.497 e. The molecule has 0 saturated heterocycles. The van der Waals surface area contributed by atoms with Crippen LogP contribution in [0.15, 0.2) is 29.1 Å². The van der Waals surface area contributed by atoms with Crippen LogP contribution in [0.4, 0.5) is 0 Å². The third kappa shape index (κ3) is 1.55. The smallest absolute Gasteiger partial charge is 0.256 e. The van der Waals surface area contributed by atoms with Gasteiger partial charge in [0.15, 0.2) is 0 Å². The molecule has 4 heteroatoms. The highest BCUT2D eigenvalue weighted by Crippen LogP contribution is 2.18. The van der Waals surface area contributed by atoms with Gasteiger partial charge < -0.3 is 9.72 Å². The number of fused-ring (bicyclic) bond motifs is 1. The number of benzene rings is 1. The van der Waals surface area contributed by atoms with E-state index in [0.29, 0.717) is 16.5 Å². The fourth-order valence-electron chi connectivity index (χ4n) is 1.44. The molecule has 4 nitrogen and oxygen atoms in total. The highest BCUT2D eigenvalue weighted by Gasteiger charge is 2.02. The first kappa shape index (κ1) is 9.28. The number of nitriles is 1. The van der Waals surface area contributed by atoms with E-state index in [1.807, 2.05) is 6.07 Å². The first-order valence-corrected chi connectivity index (χ1v) is 4.36. The number of aromatic nitrogens is 1. The summed E-state index contributed by atoms with van der Waals surface area (Å²) in [6, 6.07) is 8.64. The van der Waals surface area contributed by atoms with Gasteiger partial charge in [-0.05, 0) is 29.7 Å². The molecule has 1 aromatic heterocycles. The quantitative estimate of drug-likeness (QED) is 0.756. The molecule has 0 saturated carbocycles. The molecule has 0 aliphatic heterocycles. The summed E-state index contributed by atoms with van der Waals surface area (Å²) in [6.45, 7) is 0. The van der Waals surface area contributed by atoms with Gasteiger partial charge in [0.25, 0.3) is 5.56 Å². The van der Waals surface area contributed by atoms with Crippen molar-refractivity contribution in [2.75, 3.05) is 7.11 Å². The Balaban J connectivity index is 2.82. The molecule has 1 heterocycles. The highest BCUT2D eigenvalue weighted by atomic mass is 16.5. The zero-order valence-electron chi connectivity index (χ0n) is 8.07. The van der Waals surface area contributed by atoms with Crippen molar-refractivity contribution in [1.29, 1.82) is 5.26 Å². The minimum atomic E-state index is -0.258. The van der Waals surface area contributed by atoms with Crippen molar-refractivity contribution in [2.45, 2.75) is 0 Å². The Morgan fingerprint density at radius 3 is 2.87 bits per heavy atom. The molecule has 15 heavy (non-hydrogen) atoms. The van der Waals surface area contributed by atoms with E-state index < -0.39 is 0 Å². The van der Waals surface area contributed by atoms with Crippen molar-refractivity contribution in [3.8, 4) is 11.8 Å². The van der Waals surface area contributed by atoms with Crippen LogP contribution in [0.5, 0.6) is 5.75 Å². The molecule has 74 valence electrons. The second kappa shape index (κ2) is 3.46. The molecule has 0 amide bonds. The van der Waals surface area contributed by atoms with Crippen LogP contribution >= 0.6 is 0 Å². The number of methoxy groups -OCH3 is 1. The van der Waals surface area contributed by atoms with Crippen molar-refractivity contribution in [3.05, 3.63) is 40.3 Å². The van der Waals surface area contributed by atoms with E-state index in [-0.39, 0.29) is 11.3 Å². The van der Waals surface area contributed by atoms with Gasteiger partial charge >= 0.3 is 0 Å². The van der Waals surface area contributed by atoms with Gasteiger partial charge in [0.05, 0.1) is 7.11 Å². The zero-order chi connectivity index (χ0) is 10.8. The van der Waals surface area contributed by atoms with E-state index in [9.17, 15) is 4.79 Å². The number of ether oxygens (including phenoxy) is 1. The number of nitrogens with one attached hydrogen (secondary N) is 1. The third-order valence-electron chi connectivity index (χ3n) is 2.17. The molecular weight excluding hydrogens is 192 g/mol. The molecule has 1 N–H and O–H groups in total. The summed E-state index contributed by atoms with van der Waals surface area (Å²) >= 11 is 0. The molecule has 0 unspecified atom stereocenters. The van der Waals surface area contributed by atoms with E-state index in [1.165, 1.54) is 0 Å². The Bertz CT molecular complexity index is 608. The van der Waals surface area contributed by atoms with Crippen molar-refractivity contribution >= 4 is 10.8 Å². The van der Waals surface area contributed by atoms with Gasteiger partial charge in [-0.25, -0.2) is 0 Å². The number of hydrogen-bond acceptors (Lipinski definition) is 3. The summed E-state index contributed by atoms with van der Waals surface area (Å²) in [5, 5.41) is 9.95. The molecule has 2 aromatic rings. The van der Waals surface area contributed by atoms with Crippen LogP contribution in [0.1, 0.15) is 5.69 Å². The first-order chi connectivity index (χ1) is 7.24. The number of pyridine rings is 1. The van der Waals surface area contributed by atoms with Crippen LogP contribution in [0.2, 0.25) is 0 Å². The molecule has 0 fully saturated rings. The van der Waals surface area contributed by atoms with Gasteiger partial charge in [-0.2, -0.15) is 5.26 Å². The van der Waals surface area contributed by atoms with E-state index in [1.54, 1.807) is 31.4 Å². The monoisotopic (exact) mass is 200 g/mol. The van der Waals surface area contributed by atoms with Gasteiger partial charge in [0, 0.05) is 5.39 Å². The van der Waals surface area contributed by atoms with Gasteiger partial charge in [-0.15, -0.1) is 0 Å². The second-order valence-electron chi connectivity index (χ2n) is 3.08. The number of rotatable bonds is 1. The molecule has 0 bridgehead atoms. The van der Waals surface area contributed by atoms with Crippen molar-refractivity contribution in [1.82, 2.24) is 4.98 Å². The fraction of sp³-hybridized carbons (Fsp3) is 0.0909. The Hall–Kier alpha value is -2.28. The summed E-state index contributed by atoms with van der Waals surface area (Å²) in [5.74, 6) is 0.664. The molecule has 0 atom stereocenters. The van der Waals surface area contributed by atoms with Crippen LogP contribution in [-0.2, 0) is 0 Å². The van der Waals surface area contributed by atoms with E-state index in [4.69, 9.17) is 10.00 Å². The lowest BCUT2D eigenvalue weighted by atomic mass is 10.1. The minimum absolute atomic E-state index is 0.251. The average Bonchev–Trinajstić information content (AvgIpc) is 2.28. The lowest BCUT2D eigenvalue weighted by Gasteiger charge is -2.01. The third-order valence-corrected chi connectivity index (χ3v) is 2.17. The maximum atomic E-state index is 11.5. The van der Waals surface area contributed by atoms with E-state index >= 15 is 0 Å². The summed E-state index contributed by atoms with van der Waals surface area (Å²) in [6.07, 6.45) is 0. The van der Waals surface area contributed by atoms with Crippen LogP contribution in [0.3, 0.4) is 0 Å². The van der Waals surface area contributed by atoms with Crippen LogP contribution in [-0.4, -0.2) is 12.1 Å². The fourth-order valence-corrected chi connectivity index (χ4v) is 1.44. The molecule has 2 rings (SSSR count). The Morgan fingerprint density at radius 2 is 2.20 bits per heavy atom. The van der Waals surface area contributed by atoms with Crippen LogP contribution in [0.25, 0.3) is 10.8 Å². The maximum absolute atomic E-state index is 11.5. The van der Waals surface area contributed by atoms with E-state index in [0.717, 1.165) is 0 Å². The molecular formula is C11H8N2O2. The standard InChI is InChI=1S/C11H8N2O2/c1-15-9-2-3-10-7(5-9)4-8(6-12)13-11(10)14/h2-5H,1H3,(H,13,14). The molecule has 0 radical (unpaired) electrons. The first-order valence-electron chi connectivity index (χ1n) is 4.36. The zero-order valence-corrected chi connectivity index (χ0v) is 8.07. The van der Waals surface area contributed by atoms with Crippen LogP contribution in [0, 0.1) is 11.3 Å². The maximum Gasteiger partial charge on any atom is 0.256 e. The van der Waals surface area contributed by atoms with E-state index in [2.05, 4.69) is 4.98 Å². The number of hydrogen-bond donors (Lipinski definition) is 1. The number of nitrogens with zero attached hydrogens (tertiary/aromatic N) is 1. The number of aromatic amines is 1. The predicted molar refractivity (Wildman–Crippen MR) is 55.8 cm³/mol. The molecule has 1 aromatic carbocycles. The van der Waals surface area contributed by atoms with Crippen molar-refractivity contribution < 1.29 is 4.74 Å². The highest BCUT2D eigenvalue weighted by molar-refractivity contribution is 5.83. The lowest BCUT2D eigenvalue weighted by molar-refractivity contribution is 0.415. The SMILES string of the molecule is COc1ccc2c(=O)[nH]c(C#N)cc2c1. The minimum Gasteiger partial charge on any atom is -0.497 e. The Labute approximate surface area is 85.7 Å². The van der Waals surface area contributed by atoms with Gasteiger partial charge in [-0.1, -0.05) is 0 Å². The van der Waals surface area contributed by atoms with Gasteiger partial charge in [-0.3, -0.25) is 4.79 Å².